The maximum Gasteiger partial charge on any atom is 0.416 e. The minimum atomic E-state index is -4.45. The number of hydrogen-bond donors (Lipinski definition) is 1. The summed E-state index contributed by atoms with van der Waals surface area (Å²) < 4.78 is 39.7. The lowest BCUT2D eigenvalue weighted by molar-refractivity contribution is -0.137. The van der Waals surface area contributed by atoms with Crippen LogP contribution >= 0.6 is 0 Å². The van der Waals surface area contributed by atoms with Gasteiger partial charge >= 0.3 is 6.18 Å². The maximum absolute atomic E-state index is 13.4. The number of carbonyl (C=O) groups excluding carboxylic acids is 1. The number of amides is 1. The lowest BCUT2D eigenvalue weighted by Crippen LogP contribution is -2.31. The highest BCUT2D eigenvalue weighted by Gasteiger charge is 2.35. The molecule has 34 heavy (non-hydrogen) atoms. The smallest absolute Gasteiger partial charge is 0.330 e. The number of halogens is 3. The summed E-state index contributed by atoms with van der Waals surface area (Å²) >= 11 is 0. The number of rotatable bonds is 4. The molecule has 1 aliphatic rings. The van der Waals surface area contributed by atoms with E-state index in [-0.39, 0.29) is 11.9 Å². The van der Waals surface area contributed by atoms with Crippen molar-refractivity contribution in [3.8, 4) is 22.3 Å². The van der Waals surface area contributed by atoms with Gasteiger partial charge < -0.3 is 4.90 Å². The normalized spacial score (nSPS) is 16.1. The molecule has 1 amide bonds. The fraction of sp³-hybridized carbons (Fsp3) is 0.208. The van der Waals surface area contributed by atoms with E-state index in [4.69, 9.17) is 0 Å². The Kier molecular flexibility index (Phi) is 5.56. The fourth-order valence-electron chi connectivity index (χ4n) is 4.28. The molecule has 0 spiro atoms. The first-order valence-electron chi connectivity index (χ1n) is 10.6. The van der Waals surface area contributed by atoms with Gasteiger partial charge in [-0.1, -0.05) is 12.1 Å². The number of likely N-dealkylation sites (tertiary alicyclic amines) is 1. The molecule has 0 saturated carbocycles. The molecule has 0 aliphatic carbocycles. The monoisotopic (exact) mass is 464 g/mol. The van der Waals surface area contributed by atoms with E-state index in [2.05, 4.69) is 25.1 Å². The molecule has 4 heterocycles. The summed E-state index contributed by atoms with van der Waals surface area (Å²) in [4.78, 5) is 27.4. The van der Waals surface area contributed by atoms with Gasteiger partial charge in [0.15, 0.2) is 0 Å². The summed E-state index contributed by atoms with van der Waals surface area (Å²) in [5, 5.41) is 7.01. The summed E-state index contributed by atoms with van der Waals surface area (Å²) in [6.45, 7) is 0.517. The van der Waals surface area contributed by atoms with Crippen LogP contribution in [0.5, 0.6) is 0 Å². The second-order valence-corrected chi connectivity index (χ2v) is 8.02. The third-order valence-electron chi connectivity index (χ3n) is 5.90. The van der Waals surface area contributed by atoms with Gasteiger partial charge in [0.25, 0.3) is 5.91 Å². The number of nitrogens with zero attached hydrogens (tertiary/aromatic N) is 5. The number of aromatic nitrogens is 5. The van der Waals surface area contributed by atoms with Gasteiger partial charge in [-0.25, -0.2) is 9.97 Å². The SMILES string of the molecule is O=C(c1cncc(-c2cncnc2)c1)N1CCCC1c1[nH]ncc1-c1cccc(C(F)(F)F)c1. The second kappa shape index (κ2) is 8.69. The van der Waals surface area contributed by atoms with Crippen molar-refractivity contribution < 1.29 is 18.0 Å². The van der Waals surface area contributed by atoms with Crippen molar-refractivity contribution >= 4 is 5.91 Å². The van der Waals surface area contributed by atoms with E-state index < -0.39 is 11.7 Å². The van der Waals surface area contributed by atoms with Gasteiger partial charge in [0.1, 0.15) is 6.33 Å². The van der Waals surface area contributed by atoms with Crippen molar-refractivity contribution in [3.63, 3.8) is 0 Å². The van der Waals surface area contributed by atoms with Crippen molar-refractivity contribution in [1.82, 2.24) is 30.0 Å². The highest BCUT2D eigenvalue weighted by atomic mass is 19.4. The van der Waals surface area contributed by atoms with E-state index in [1.165, 1.54) is 24.8 Å². The molecule has 7 nitrogen and oxygen atoms in total. The van der Waals surface area contributed by atoms with Crippen LogP contribution in [0.15, 0.2) is 67.6 Å². The molecule has 0 radical (unpaired) electrons. The maximum atomic E-state index is 13.4. The zero-order valence-electron chi connectivity index (χ0n) is 17.8. The number of pyridine rings is 1. The second-order valence-electron chi connectivity index (χ2n) is 8.02. The van der Waals surface area contributed by atoms with E-state index in [1.807, 2.05) is 0 Å². The van der Waals surface area contributed by atoms with Gasteiger partial charge in [-0.2, -0.15) is 18.3 Å². The molecule has 1 aliphatic heterocycles. The van der Waals surface area contributed by atoms with Gasteiger partial charge in [-0.3, -0.25) is 14.9 Å². The number of nitrogens with one attached hydrogen (secondary N) is 1. The third-order valence-corrected chi connectivity index (χ3v) is 5.90. The third kappa shape index (κ3) is 4.14. The number of hydrogen-bond acceptors (Lipinski definition) is 5. The predicted molar refractivity (Wildman–Crippen MR) is 117 cm³/mol. The first-order chi connectivity index (χ1) is 16.4. The van der Waals surface area contributed by atoms with Gasteiger partial charge in [0.05, 0.1) is 29.1 Å². The highest BCUT2D eigenvalue weighted by molar-refractivity contribution is 5.95. The van der Waals surface area contributed by atoms with E-state index >= 15 is 0 Å². The van der Waals surface area contributed by atoms with Crippen LogP contribution in [0.1, 0.15) is 40.5 Å². The largest absolute Gasteiger partial charge is 0.416 e. The van der Waals surface area contributed by atoms with Crippen LogP contribution < -0.4 is 0 Å². The van der Waals surface area contributed by atoms with E-state index in [0.717, 1.165) is 24.1 Å². The van der Waals surface area contributed by atoms with Crippen molar-refractivity contribution in [2.24, 2.45) is 0 Å². The number of H-pyrrole nitrogens is 1. The predicted octanol–water partition coefficient (Wildman–Crippen LogP) is 4.92. The van der Waals surface area contributed by atoms with Gasteiger partial charge in [-0.05, 0) is 36.6 Å². The summed E-state index contributed by atoms with van der Waals surface area (Å²) in [5.41, 5.74) is 2.69. The molecule has 0 bridgehead atoms. The first kappa shape index (κ1) is 21.7. The summed E-state index contributed by atoms with van der Waals surface area (Å²) in [6, 6.07) is 6.52. The summed E-state index contributed by atoms with van der Waals surface area (Å²) in [6.07, 6.45) is 6.33. The quantitative estimate of drug-likeness (QED) is 0.463. The lowest BCUT2D eigenvalue weighted by Gasteiger charge is -2.25. The van der Waals surface area contributed by atoms with Crippen LogP contribution in [0, 0.1) is 0 Å². The van der Waals surface area contributed by atoms with Crippen LogP contribution in [0.4, 0.5) is 13.2 Å². The molecule has 1 saturated heterocycles. The molecule has 5 rings (SSSR count). The first-order valence-corrected chi connectivity index (χ1v) is 10.6. The Hall–Kier alpha value is -4.08. The van der Waals surface area contributed by atoms with E-state index in [1.54, 1.807) is 35.6 Å². The Morgan fingerprint density at radius 3 is 2.56 bits per heavy atom. The number of carbonyl (C=O) groups is 1. The minimum absolute atomic E-state index is 0.210. The average molecular weight is 464 g/mol. The van der Waals surface area contributed by atoms with Crippen LogP contribution in [0.3, 0.4) is 0 Å². The zero-order valence-corrected chi connectivity index (χ0v) is 17.8. The Labute approximate surface area is 192 Å². The molecule has 172 valence electrons. The number of aromatic amines is 1. The van der Waals surface area contributed by atoms with E-state index in [0.29, 0.717) is 40.9 Å². The molecule has 10 heteroatoms. The molecule has 3 aromatic heterocycles. The molecule has 4 aromatic rings. The van der Waals surface area contributed by atoms with E-state index in [9.17, 15) is 18.0 Å². The summed E-state index contributed by atoms with van der Waals surface area (Å²) in [7, 11) is 0. The average Bonchev–Trinajstić information content (AvgIpc) is 3.53. The summed E-state index contributed by atoms with van der Waals surface area (Å²) in [5.74, 6) is -0.210. The zero-order chi connectivity index (χ0) is 23.7. The molecule has 1 fully saturated rings. The van der Waals surface area contributed by atoms with Crippen molar-refractivity contribution in [2.75, 3.05) is 6.54 Å². The van der Waals surface area contributed by atoms with Crippen molar-refractivity contribution in [1.29, 1.82) is 0 Å². The number of alkyl halides is 3. The fourth-order valence-corrected chi connectivity index (χ4v) is 4.28. The van der Waals surface area contributed by atoms with Gasteiger partial charge in [0, 0.05) is 48.0 Å². The molecular weight excluding hydrogens is 445 g/mol. The Balaban J connectivity index is 1.46. The van der Waals surface area contributed by atoms with Gasteiger partial charge in [-0.15, -0.1) is 0 Å². The molecular formula is C24H19F3N6O. The number of benzene rings is 1. The van der Waals surface area contributed by atoms with Crippen LogP contribution in [-0.2, 0) is 6.18 Å². The van der Waals surface area contributed by atoms with Crippen molar-refractivity contribution in [3.05, 3.63) is 84.5 Å². The Morgan fingerprint density at radius 1 is 0.971 bits per heavy atom. The molecule has 1 atom stereocenters. The van der Waals surface area contributed by atoms with Crippen molar-refractivity contribution in [2.45, 2.75) is 25.1 Å². The molecule has 1 aromatic carbocycles. The molecule has 1 N–H and O–H groups in total. The standard InChI is InChI=1S/C24H19F3N6O/c25-24(26,27)19-4-1-3-15(8-19)20-13-31-32-22(20)21-5-2-6-33(21)23(34)17-7-16(9-28-10-17)18-11-29-14-30-12-18/h1,3-4,7-14,21H,2,5-6H2,(H,31,32). The Bertz CT molecular complexity index is 1320. The van der Waals surface area contributed by atoms with Crippen LogP contribution in [-0.4, -0.2) is 42.5 Å². The highest BCUT2D eigenvalue weighted by Crippen LogP contribution is 2.39. The molecule has 1 unspecified atom stereocenters. The Morgan fingerprint density at radius 2 is 1.76 bits per heavy atom. The van der Waals surface area contributed by atoms with Crippen LogP contribution in [0.2, 0.25) is 0 Å². The minimum Gasteiger partial charge on any atom is -0.330 e. The topological polar surface area (TPSA) is 87.7 Å². The van der Waals surface area contributed by atoms with Crippen LogP contribution in [0.25, 0.3) is 22.3 Å². The lowest BCUT2D eigenvalue weighted by atomic mass is 9.99. The van der Waals surface area contributed by atoms with Gasteiger partial charge in [0.2, 0.25) is 0 Å².